The average molecular weight is 370 g/mol. The monoisotopic (exact) mass is 369 g/mol. The summed E-state index contributed by atoms with van der Waals surface area (Å²) in [6.07, 6.45) is 10.8. The van der Waals surface area contributed by atoms with E-state index in [2.05, 4.69) is 15.3 Å². The van der Waals surface area contributed by atoms with Crippen LogP contribution in [0.4, 0.5) is 5.69 Å². The minimum absolute atomic E-state index is 0.176. The molecule has 2 aliphatic carbocycles. The smallest absolute Gasteiger partial charge is 0.256 e. The molecular formula is C20H20ClN3O2. The Hall–Kier alpha value is -2.53. The molecule has 134 valence electrons. The van der Waals surface area contributed by atoms with Crippen molar-refractivity contribution in [3.63, 3.8) is 0 Å². The van der Waals surface area contributed by atoms with E-state index < -0.39 is 0 Å². The Bertz CT molecular complexity index is 1030. The number of H-pyrrole nitrogens is 1. The Kier molecular flexibility index (Phi) is 4.32. The first-order chi connectivity index (χ1) is 12.6. The van der Waals surface area contributed by atoms with E-state index in [1.807, 2.05) is 19.1 Å². The van der Waals surface area contributed by atoms with Crippen molar-refractivity contribution in [1.82, 2.24) is 9.97 Å². The molecule has 0 atom stereocenters. The van der Waals surface area contributed by atoms with Crippen molar-refractivity contribution < 1.29 is 9.53 Å². The molecule has 0 aromatic carbocycles. The fraction of sp³-hybridized carbons (Fsp3) is 0.300. The van der Waals surface area contributed by atoms with Crippen LogP contribution in [-0.4, -0.2) is 23.0 Å². The van der Waals surface area contributed by atoms with Crippen molar-refractivity contribution in [1.29, 1.82) is 0 Å². The SMILES string of the molecule is COC1=c2[nH]c3c(c2=C(C(=O)Nc2c(C)cncc2Cl)C=CC1)CCC3. The first kappa shape index (κ1) is 16.9. The highest BCUT2D eigenvalue weighted by Crippen LogP contribution is 2.25. The van der Waals surface area contributed by atoms with Crippen LogP contribution in [-0.2, 0) is 22.4 Å². The van der Waals surface area contributed by atoms with Crippen molar-refractivity contribution in [2.24, 2.45) is 0 Å². The number of hydrogen-bond donors (Lipinski definition) is 2. The van der Waals surface area contributed by atoms with E-state index >= 15 is 0 Å². The Labute approximate surface area is 156 Å². The second kappa shape index (κ2) is 6.65. The van der Waals surface area contributed by atoms with Gasteiger partial charge in [-0.25, -0.2) is 0 Å². The lowest BCUT2D eigenvalue weighted by atomic mass is 10.1. The molecular weight excluding hydrogens is 350 g/mol. The number of aryl methyl sites for hydroxylation is 2. The van der Waals surface area contributed by atoms with Gasteiger partial charge in [0.1, 0.15) is 5.76 Å². The number of nitrogens with zero attached hydrogens (tertiary/aromatic N) is 1. The van der Waals surface area contributed by atoms with E-state index in [0.29, 0.717) is 22.7 Å². The van der Waals surface area contributed by atoms with Gasteiger partial charge >= 0.3 is 0 Å². The van der Waals surface area contributed by atoms with Gasteiger partial charge in [-0.15, -0.1) is 0 Å². The normalized spacial score (nSPS) is 15.5. The number of nitrogens with one attached hydrogen (secondary N) is 2. The Balaban J connectivity index is 1.90. The fourth-order valence-corrected chi connectivity index (χ4v) is 4.00. The van der Waals surface area contributed by atoms with Crippen LogP contribution >= 0.6 is 11.6 Å². The number of methoxy groups -OCH3 is 1. The molecule has 4 rings (SSSR count). The van der Waals surface area contributed by atoms with Gasteiger partial charge in [0.05, 0.1) is 23.2 Å². The third-order valence-electron chi connectivity index (χ3n) is 5.00. The van der Waals surface area contributed by atoms with Crippen molar-refractivity contribution in [3.05, 3.63) is 57.0 Å². The van der Waals surface area contributed by atoms with Crippen LogP contribution in [0.3, 0.4) is 0 Å². The second-order valence-electron chi connectivity index (χ2n) is 6.60. The maximum absolute atomic E-state index is 13.1. The molecule has 5 nitrogen and oxygen atoms in total. The van der Waals surface area contributed by atoms with Gasteiger partial charge in [0.25, 0.3) is 5.91 Å². The number of rotatable bonds is 3. The number of halogens is 1. The van der Waals surface area contributed by atoms with Crippen molar-refractivity contribution in [2.75, 3.05) is 12.4 Å². The number of aromatic amines is 1. The standard InChI is InChI=1S/C20H20ClN3O2/c1-11-9-22-10-14(21)18(11)24-20(25)13-6-4-8-16(26-2)19-17(13)12-5-3-7-15(12)23-19/h4,6,9-10,23H,3,5,7-8H2,1-2H3,(H,22,24,25). The third kappa shape index (κ3) is 2.72. The van der Waals surface area contributed by atoms with Gasteiger partial charge in [0.15, 0.2) is 0 Å². The summed E-state index contributed by atoms with van der Waals surface area (Å²) in [5.41, 5.74) is 4.50. The lowest BCUT2D eigenvalue weighted by Gasteiger charge is -2.10. The Morgan fingerprint density at radius 1 is 1.35 bits per heavy atom. The van der Waals surface area contributed by atoms with Gasteiger partial charge < -0.3 is 15.0 Å². The van der Waals surface area contributed by atoms with Crippen LogP contribution in [0.5, 0.6) is 0 Å². The molecule has 26 heavy (non-hydrogen) atoms. The number of fused-ring (bicyclic) bond motifs is 3. The molecule has 1 amide bonds. The molecule has 6 heteroatoms. The molecule has 0 unspecified atom stereocenters. The lowest BCUT2D eigenvalue weighted by Crippen LogP contribution is -2.33. The Morgan fingerprint density at radius 2 is 2.19 bits per heavy atom. The second-order valence-corrected chi connectivity index (χ2v) is 7.01. The topological polar surface area (TPSA) is 67.0 Å². The van der Waals surface area contributed by atoms with Crippen molar-refractivity contribution >= 4 is 34.5 Å². The van der Waals surface area contributed by atoms with Gasteiger partial charge in [-0.3, -0.25) is 9.78 Å². The zero-order valence-corrected chi connectivity index (χ0v) is 15.5. The fourth-order valence-electron chi connectivity index (χ4n) is 3.74. The molecule has 0 saturated carbocycles. The first-order valence-electron chi connectivity index (χ1n) is 8.69. The summed E-state index contributed by atoms with van der Waals surface area (Å²) in [7, 11) is 1.67. The quantitative estimate of drug-likeness (QED) is 0.872. The lowest BCUT2D eigenvalue weighted by molar-refractivity contribution is -0.111. The van der Waals surface area contributed by atoms with Gasteiger partial charge in [-0.1, -0.05) is 23.8 Å². The summed E-state index contributed by atoms with van der Waals surface area (Å²) >= 11 is 6.23. The summed E-state index contributed by atoms with van der Waals surface area (Å²) in [6, 6.07) is 0. The summed E-state index contributed by atoms with van der Waals surface area (Å²) in [5.74, 6) is 0.677. The molecule has 2 aliphatic rings. The number of pyridine rings is 1. The van der Waals surface area contributed by atoms with E-state index in [9.17, 15) is 4.79 Å². The number of carbonyl (C=O) groups excluding carboxylic acids is 1. The zero-order chi connectivity index (χ0) is 18.3. The largest absolute Gasteiger partial charge is 0.499 e. The highest BCUT2D eigenvalue weighted by molar-refractivity contribution is 6.35. The number of anilines is 1. The van der Waals surface area contributed by atoms with Crippen LogP contribution in [0, 0.1) is 6.92 Å². The van der Waals surface area contributed by atoms with E-state index in [4.69, 9.17) is 16.3 Å². The van der Waals surface area contributed by atoms with Gasteiger partial charge in [-0.05, 0) is 37.3 Å². The average Bonchev–Trinajstić information content (AvgIpc) is 3.15. The predicted octanol–water partition coefficient (Wildman–Crippen LogP) is 2.36. The van der Waals surface area contributed by atoms with Crippen LogP contribution in [0.1, 0.15) is 29.7 Å². The highest BCUT2D eigenvalue weighted by atomic mass is 35.5. The number of ether oxygens (including phenoxy) is 1. The minimum Gasteiger partial charge on any atom is -0.499 e. The molecule has 0 aliphatic heterocycles. The number of hydrogen-bond acceptors (Lipinski definition) is 3. The molecule has 2 aromatic rings. The number of amides is 1. The summed E-state index contributed by atoms with van der Waals surface area (Å²) in [6.45, 7) is 1.87. The molecule has 0 bridgehead atoms. The first-order valence-corrected chi connectivity index (χ1v) is 9.07. The number of carbonyl (C=O) groups is 1. The number of aromatic nitrogens is 2. The van der Waals surface area contributed by atoms with Crippen molar-refractivity contribution in [3.8, 4) is 0 Å². The summed E-state index contributed by atoms with van der Waals surface area (Å²) in [4.78, 5) is 20.7. The van der Waals surface area contributed by atoms with Crippen LogP contribution in [0.25, 0.3) is 11.3 Å². The molecule has 2 aromatic heterocycles. The van der Waals surface area contributed by atoms with E-state index in [-0.39, 0.29) is 5.91 Å². The van der Waals surface area contributed by atoms with E-state index in [1.54, 1.807) is 13.3 Å². The summed E-state index contributed by atoms with van der Waals surface area (Å²) < 4.78 is 5.58. The molecule has 0 radical (unpaired) electrons. The molecule has 0 spiro atoms. The van der Waals surface area contributed by atoms with Crippen molar-refractivity contribution in [2.45, 2.75) is 32.6 Å². The maximum atomic E-state index is 13.1. The van der Waals surface area contributed by atoms with Crippen LogP contribution in [0.15, 0.2) is 24.5 Å². The predicted molar refractivity (Wildman–Crippen MR) is 102 cm³/mol. The molecule has 2 heterocycles. The third-order valence-corrected chi connectivity index (χ3v) is 5.29. The summed E-state index contributed by atoms with van der Waals surface area (Å²) in [5, 5.41) is 5.28. The van der Waals surface area contributed by atoms with E-state index in [1.165, 1.54) is 17.5 Å². The highest BCUT2D eigenvalue weighted by Gasteiger charge is 2.23. The molecule has 0 saturated heterocycles. The molecule has 2 N–H and O–H groups in total. The zero-order valence-electron chi connectivity index (χ0n) is 14.8. The van der Waals surface area contributed by atoms with Gasteiger partial charge in [0.2, 0.25) is 0 Å². The Morgan fingerprint density at radius 3 is 2.96 bits per heavy atom. The van der Waals surface area contributed by atoms with Gasteiger partial charge in [0, 0.05) is 35.3 Å². The van der Waals surface area contributed by atoms with Crippen LogP contribution < -0.4 is 15.9 Å². The van der Waals surface area contributed by atoms with Gasteiger partial charge in [-0.2, -0.15) is 0 Å². The van der Waals surface area contributed by atoms with E-state index in [0.717, 1.165) is 41.2 Å². The maximum Gasteiger partial charge on any atom is 0.256 e. The van der Waals surface area contributed by atoms with Crippen LogP contribution in [0.2, 0.25) is 5.02 Å². The molecule has 0 fully saturated rings. The minimum atomic E-state index is -0.176.